The highest BCUT2D eigenvalue weighted by molar-refractivity contribution is 5.09. The molecule has 15 heavy (non-hydrogen) atoms. The molecule has 5 heteroatoms. The lowest BCUT2D eigenvalue weighted by atomic mass is 9.93. The summed E-state index contributed by atoms with van der Waals surface area (Å²) in [5.41, 5.74) is 6.99. The predicted octanol–water partition coefficient (Wildman–Crippen LogP) is 0.0182. The van der Waals surface area contributed by atoms with Gasteiger partial charge in [0.25, 0.3) is 0 Å². The minimum atomic E-state index is -0.0205. The van der Waals surface area contributed by atoms with Gasteiger partial charge in [0.15, 0.2) is 0 Å². The molecule has 0 amide bonds. The molecule has 1 aromatic rings. The second kappa shape index (κ2) is 3.75. The first-order chi connectivity index (χ1) is 7.09. The molecule has 2 rings (SSSR count). The molecule has 82 valence electrons. The van der Waals surface area contributed by atoms with Gasteiger partial charge in [0.05, 0.1) is 7.11 Å². The zero-order valence-corrected chi connectivity index (χ0v) is 9.10. The van der Waals surface area contributed by atoms with E-state index in [4.69, 9.17) is 10.5 Å². The molecule has 0 aromatic carbocycles. The number of nitrogens with zero attached hydrogens (tertiary/aromatic N) is 3. The maximum atomic E-state index is 5.92. The molecule has 0 atom stereocenters. The predicted molar refractivity (Wildman–Crippen MR) is 56.5 cm³/mol. The molecule has 2 heterocycles. The van der Waals surface area contributed by atoms with E-state index in [1.807, 2.05) is 0 Å². The van der Waals surface area contributed by atoms with Gasteiger partial charge in [0.1, 0.15) is 0 Å². The van der Waals surface area contributed by atoms with E-state index in [9.17, 15) is 0 Å². The molecule has 2 N–H and O–H groups in total. The largest absolute Gasteiger partial charge is 0.467 e. The smallest absolute Gasteiger partial charge is 0.316 e. The van der Waals surface area contributed by atoms with Gasteiger partial charge in [0, 0.05) is 43.1 Å². The Balaban J connectivity index is 1.89. The first-order valence-electron chi connectivity index (χ1n) is 4.95. The third-order valence-electron chi connectivity index (χ3n) is 2.44. The number of hydrogen-bond acceptors (Lipinski definition) is 5. The summed E-state index contributed by atoms with van der Waals surface area (Å²) in [5.74, 6) is 0. The number of hydrogen-bond donors (Lipinski definition) is 1. The Hall–Kier alpha value is -1.20. The minimum absolute atomic E-state index is 0.0205. The minimum Gasteiger partial charge on any atom is -0.467 e. The fraction of sp³-hybridized carbons (Fsp3) is 0.600. The third kappa shape index (κ3) is 2.43. The number of aromatic nitrogens is 2. The highest BCUT2D eigenvalue weighted by Gasteiger charge is 2.34. The van der Waals surface area contributed by atoms with Crippen LogP contribution in [-0.4, -0.2) is 40.6 Å². The molecule has 1 fully saturated rings. The Morgan fingerprint density at radius 1 is 1.47 bits per heavy atom. The van der Waals surface area contributed by atoms with Crippen molar-refractivity contribution in [2.75, 3.05) is 20.2 Å². The van der Waals surface area contributed by atoms with Crippen molar-refractivity contribution in [3.8, 4) is 6.01 Å². The van der Waals surface area contributed by atoms with E-state index in [1.165, 1.54) is 0 Å². The summed E-state index contributed by atoms with van der Waals surface area (Å²) >= 11 is 0. The number of rotatable bonds is 3. The first kappa shape index (κ1) is 10.3. The van der Waals surface area contributed by atoms with Gasteiger partial charge in [-0.2, -0.15) is 0 Å². The topological polar surface area (TPSA) is 64.3 Å². The molecule has 0 bridgehead atoms. The molecule has 1 saturated heterocycles. The number of nitrogens with two attached hydrogens (primary N) is 1. The van der Waals surface area contributed by atoms with Gasteiger partial charge >= 0.3 is 6.01 Å². The summed E-state index contributed by atoms with van der Waals surface area (Å²) in [4.78, 5) is 10.4. The van der Waals surface area contributed by atoms with Crippen molar-refractivity contribution >= 4 is 0 Å². The molecular formula is C10H16N4O. The van der Waals surface area contributed by atoms with E-state index >= 15 is 0 Å². The monoisotopic (exact) mass is 208 g/mol. The van der Waals surface area contributed by atoms with Gasteiger partial charge < -0.3 is 10.5 Å². The van der Waals surface area contributed by atoms with Crippen molar-refractivity contribution < 1.29 is 4.74 Å². The Morgan fingerprint density at radius 2 is 2.07 bits per heavy atom. The first-order valence-corrected chi connectivity index (χ1v) is 4.95. The van der Waals surface area contributed by atoms with Gasteiger partial charge in [-0.3, -0.25) is 4.90 Å². The molecule has 5 nitrogen and oxygen atoms in total. The van der Waals surface area contributed by atoms with Crippen molar-refractivity contribution in [2.45, 2.75) is 19.0 Å². The van der Waals surface area contributed by atoms with Crippen LogP contribution in [0, 0.1) is 0 Å². The lowest BCUT2D eigenvalue weighted by Crippen LogP contribution is -2.64. The van der Waals surface area contributed by atoms with Gasteiger partial charge in [-0.05, 0) is 6.92 Å². The average molecular weight is 208 g/mol. The van der Waals surface area contributed by atoms with Crippen molar-refractivity contribution in [3.63, 3.8) is 0 Å². The quantitative estimate of drug-likeness (QED) is 0.758. The normalized spacial score (nSPS) is 19.7. The van der Waals surface area contributed by atoms with Crippen LogP contribution >= 0.6 is 0 Å². The SMILES string of the molecule is COc1ncc(CN2CC(C)(N)C2)cn1. The maximum absolute atomic E-state index is 5.92. The van der Waals surface area contributed by atoms with E-state index in [0.717, 1.165) is 25.2 Å². The number of methoxy groups -OCH3 is 1. The summed E-state index contributed by atoms with van der Waals surface area (Å²) in [6.45, 7) is 4.78. The van der Waals surface area contributed by atoms with E-state index in [2.05, 4.69) is 21.8 Å². The zero-order chi connectivity index (χ0) is 10.9. The molecular weight excluding hydrogens is 192 g/mol. The number of ether oxygens (including phenoxy) is 1. The van der Waals surface area contributed by atoms with Crippen molar-refractivity contribution in [1.29, 1.82) is 0 Å². The summed E-state index contributed by atoms with van der Waals surface area (Å²) in [6.07, 6.45) is 3.58. The van der Waals surface area contributed by atoms with Gasteiger partial charge in [-0.1, -0.05) is 0 Å². The van der Waals surface area contributed by atoms with Gasteiger partial charge in [-0.15, -0.1) is 0 Å². The molecule has 1 aliphatic rings. The standard InChI is InChI=1S/C10H16N4O/c1-10(11)6-14(7-10)5-8-3-12-9(15-2)13-4-8/h3-4H,5-7,11H2,1-2H3. The molecule has 0 unspecified atom stereocenters. The lowest BCUT2D eigenvalue weighted by molar-refractivity contribution is 0.0761. The van der Waals surface area contributed by atoms with Crippen molar-refractivity contribution in [1.82, 2.24) is 14.9 Å². The number of likely N-dealkylation sites (tertiary alicyclic amines) is 1. The van der Waals surface area contributed by atoms with Crippen molar-refractivity contribution in [3.05, 3.63) is 18.0 Å². The van der Waals surface area contributed by atoms with Crippen molar-refractivity contribution in [2.24, 2.45) is 5.73 Å². The van der Waals surface area contributed by atoms with E-state index in [0.29, 0.717) is 6.01 Å². The molecule has 0 spiro atoms. The average Bonchev–Trinajstić information content (AvgIpc) is 2.16. The molecule has 1 aromatic heterocycles. The Kier molecular flexibility index (Phi) is 2.58. The van der Waals surface area contributed by atoms with Crippen LogP contribution in [0.5, 0.6) is 6.01 Å². The van der Waals surface area contributed by atoms with Gasteiger partial charge in [0.2, 0.25) is 0 Å². The maximum Gasteiger partial charge on any atom is 0.316 e. The summed E-state index contributed by atoms with van der Waals surface area (Å²) in [5, 5.41) is 0. The molecule has 0 saturated carbocycles. The molecule has 1 aliphatic heterocycles. The van der Waals surface area contributed by atoms with E-state index in [1.54, 1.807) is 19.5 Å². The Labute approximate surface area is 89.3 Å². The molecule has 0 aliphatic carbocycles. The Bertz CT molecular complexity index is 328. The van der Waals surface area contributed by atoms with Crippen LogP contribution in [0.25, 0.3) is 0 Å². The van der Waals surface area contributed by atoms with E-state index in [-0.39, 0.29) is 5.54 Å². The third-order valence-corrected chi connectivity index (χ3v) is 2.44. The highest BCUT2D eigenvalue weighted by Crippen LogP contribution is 2.19. The zero-order valence-electron chi connectivity index (χ0n) is 9.10. The lowest BCUT2D eigenvalue weighted by Gasteiger charge is -2.45. The second-order valence-corrected chi connectivity index (χ2v) is 4.38. The van der Waals surface area contributed by atoms with Crippen LogP contribution < -0.4 is 10.5 Å². The fourth-order valence-corrected chi connectivity index (χ4v) is 1.88. The Morgan fingerprint density at radius 3 is 2.53 bits per heavy atom. The van der Waals surface area contributed by atoms with Crippen LogP contribution in [0.2, 0.25) is 0 Å². The van der Waals surface area contributed by atoms with Crippen LogP contribution in [0.15, 0.2) is 12.4 Å². The van der Waals surface area contributed by atoms with Crippen LogP contribution in [-0.2, 0) is 6.54 Å². The highest BCUT2D eigenvalue weighted by atomic mass is 16.5. The van der Waals surface area contributed by atoms with Crippen LogP contribution in [0.3, 0.4) is 0 Å². The van der Waals surface area contributed by atoms with Crippen LogP contribution in [0.4, 0.5) is 0 Å². The van der Waals surface area contributed by atoms with E-state index < -0.39 is 0 Å². The van der Waals surface area contributed by atoms with Gasteiger partial charge in [-0.25, -0.2) is 9.97 Å². The fourth-order valence-electron chi connectivity index (χ4n) is 1.88. The summed E-state index contributed by atoms with van der Waals surface area (Å²) in [6, 6.07) is 0.408. The summed E-state index contributed by atoms with van der Waals surface area (Å²) < 4.78 is 4.89. The summed E-state index contributed by atoms with van der Waals surface area (Å²) in [7, 11) is 1.56. The second-order valence-electron chi connectivity index (χ2n) is 4.38. The molecule has 0 radical (unpaired) electrons. The van der Waals surface area contributed by atoms with Crippen LogP contribution in [0.1, 0.15) is 12.5 Å².